The average Bonchev–Trinajstić information content (AvgIpc) is 2.96. The fraction of sp³-hybridized carbons (Fsp3) is 0.269. The third-order valence-electron chi connectivity index (χ3n) is 4.82. The summed E-state index contributed by atoms with van der Waals surface area (Å²) in [5, 5.41) is 19.1. The number of para-hydroxylation sites is 1. The Labute approximate surface area is 183 Å². The van der Waals surface area contributed by atoms with Crippen molar-refractivity contribution < 1.29 is 9.47 Å². The van der Waals surface area contributed by atoms with E-state index < -0.39 is 5.60 Å². The molecule has 31 heavy (non-hydrogen) atoms. The summed E-state index contributed by atoms with van der Waals surface area (Å²) in [4.78, 5) is 3.23. The maximum Gasteiger partial charge on any atom is 0.304 e. The molecule has 0 radical (unpaired) electrons. The van der Waals surface area contributed by atoms with Gasteiger partial charge in [0.15, 0.2) is 5.76 Å². The molecule has 3 rings (SSSR count). The van der Waals surface area contributed by atoms with Crippen molar-refractivity contribution >= 4 is 5.57 Å². The van der Waals surface area contributed by atoms with Gasteiger partial charge in [-0.1, -0.05) is 45.0 Å². The molecule has 1 aromatic carbocycles. The van der Waals surface area contributed by atoms with Gasteiger partial charge in [-0.05, 0) is 49.1 Å². The first-order chi connectivity index (χ1) is 14.6. The zero-order chi connectivity index (χ0) is 22.8. The molecule has 0 spiro atoms. The fourth-order valence-corrected chi connectivity index (χ4v) is 3.31. The van der Waals surface area contributed by atoms with Gasteiger partial charge in [0, 0.05) is 11.1 Å². The highest BCUT2D eigenvalue weighted by atomic mass is 16.5. The van der Waals surface area contributed by atoms with Crippen molar-refractivity contribution in [3.63, 3.8) is 0 Å². The summed E-state index contributed by atoms with van der Waals surface area (Å²) in [7, 11) is 0. The molecule has 0 aliphatic carbocycles. The van der Waals surface area contributed by atoms with Crippen molar-refractivity contribution in [2.75, 3.05) is 0 Å². The standard InChI is InChI=1S/C26H23N3O2/c1-25(2,3)12-11-18-13-17(19-9-7-8-10-23(19)30-18)14-21-20(15-27)24(22(16-28)29-6)31-26(21,4)5/h7-14H,1-5H3/b12-11+,17-14+,24-22-. The Morgan fingerprint density at radius 1 is 1.19 bits per heavy atom. The molecule has 0 amide bonds. The number of hydrogen-bond donors (Lipinski definition) is 0. The lowest BCUT2D eigenvalue weighted by Crippen LogP contribution is -2.21. The monoisotopic (exact) mass is 409 g/mol. The van der Waals surface area contributed by atoms with Crippen LogP contribution in [0.2, 0.25) is 0 Å². The van der Waals surface area contributed by atoms with E-state index in [0.29, 0.717) is 11.3 Å². The van der Waals surface area contributed by atoms with Gasteiger partial charge in [-0.25, -0.2) is 10.1 Å². The van der Waals surface area contributed by atoms with Crippen LogP contribution < -0.4 is 4.74 Å². The first kappa shape index (κ1) is 21.7. The number of allylic oxidation sites excluding steroid dienone is 6. The normalized spacial score (nSPS) is 20.2. The van der Waals surface area contributed by atoms with Crippen molar-refractivity contribution in [1.82, 2.24) is 0 Å². The van der Waals surface area contributed by atoms with Crippen LogP contribution in [0.25, 0.3) is 10.4 Å². The van der Waals surface area contributed by atoms with E-state index in [1.807, 2.05) is 62.4 Å². The molecule has 2 heterocycles. The van der Waals surface area contributed by atoms with Crippen molar-refractivity contribution in [3.8, 4) is 17.9 Å². The predicted molar refractivity (Wildman–Crippen MR) is 119 cm³/mol. The first-order valence-corrected chi connectivity index (χ1v) is 9.85. The second kappa shape index (κ2) is 8.02. The van der Waals surface area contributed by atoms with Crippen LogP contribution in [0, 0.1) is 34.6 Å². The minimum absolute atomic E-state index is 0.00399. The van der Waals surface area contributed by atoms with Crippen LogP contribution in [0.3, 0.4) is 0 Å². The number of benzene rings is 1. The van der Waals surface area contributed by atoms with Crippen LogP contribution >= 0.6 is 0 Å². The third kappa shape index (κ3) is 4.45. The molecule has 0 saturated heterocycles. The van der Waals surface area contributed by atoms with Gasteiger partial charge in [0.05, 0.1) is 18.2 Å². The number of ether oxygens (including phenoxy) is 2. The molecule has 0 atom stereocenters. The van der Waals surface area contributed by atoms with E-state index in [9.17, 15) is 10.5 Å². The Morgan fingerprint density at radius 3 is 2.52 bits per heavy atom. The molecule has 154 valence electrons. The van der Waals surface area contributed by atoms with Crippen molar-refractivity contribution in [1.29, 1.82) is 10.5 Å². The van der Waals surface area contributed by atoms with Crippen LogP contribution in [-0.2, 0) is 4.74 Å². The van der Waals surface area contributed by atoms with E-state index in [1.54, 1.807) is 0 Å². The summed E-state index contributed by atoms with van der Waals surface area (Å²) >= 11 is 0. The maximum atomic E-state index is 9.81. The van der Waals surface area contributed by atoms with Gasteiger partial charge in [-0.3, -0.25) is 0 Å². The Bertz CT molecular complexity index is 1190. The lowest BCUT2D eigenvalue weighted by molar-refractivity contribution is 0.0953. The number of rotatable bonds is 2. The summed E-state index contributed by atoms with van der Waals surface area (Å²) in [5.41, 5.74) is 1.46. The molecule has 5 nitrogen and oxygen atoms in total. The molecule has 0 fully saturated rings. The largest absolute Gasteiger partial charge is 0.492 e. The molecular formula is C26H23N3O2. The van der Waals surface area contributed by atoms with Crippen LogP contribution in [-0.4, -0.2) is 5.60 Å². The van der Waals surface area contributed by atoms with Crippen LogP contribution in [0.4, 0.5) is 0 Å². The van der Waals surface area contributed by atoms with Crippen LogP contribution in [0.1, 0.15) is 40.2 Å². The third-order valence-corrected chi connectivity index (χ3v) is 4.82. The SMILES string of the molecule is [C-]#[N+]/C(C#N)=C1\OC(C)(C)C(/C=C2C=C(/C=C/C(C)(C)C)Oc3ccccc3\2)=C1C#N. The summed E-state index contributed by atoms with van der Waals surface area (Å²) in [6, 6.07) is 11.6. The maximum absolute atomic E-state index is 9.81. The average molecular weight is 409 g/mol. The molecule has 0 bridgehead atoms. The Kier molecular flexibility index (Phi) is 5.61. The second-order valence-corrected chi connectivity index (χ2v) is 8.86. The van der Waals surface area contributed by atoms with E-state index in [1.165, 1.54) is 0 Å². The zero-order valence-corrected chi connectivity index (χ0v) is 18.3. The van der Waals surface area contributed by atoms with Crippen molar-refractivity contribution in [3.05, 3.63) is 93.9 Å². The highest BCUT2D eigenvalue weighted by molar-refractivity contribution is 5.83. The molecule has 2 aliphatic rings. The Morgan fingerprint density at radius 2 is 1.90 bits per heavy atom. The molecule has 5 heteroatoms. The van der Waals surface area contributed by atoms with Gasteiger partial charge >= 0.3 is 5.70 Å². The molecular weight excluding hydrogens is 386 g/mol. The lowest BCUT2D eigenvalue weighted by atomic mass is 9.90. The molecule has 0 aromatic heterocycles. The summed E-state index contributed by atoms with van der Waals surface area (Å²) in [6.45, 7) is 17.2. The van der Waals surface area contributed by atoms with Gasteiger partial charge in [-0.2, -0.15) is 5.26 Å². The summed E-state index contributed by atoms with van der Waals surface area (Å²) in [5.74, 6) is 1.44. The summed E-state index contributed by atoms with van der Waals surface area (Å²) in [6.07, 6.45) is 7.82. The fourth-order valence-electron chi connectivity index (χ4n) is 3.31. The number of nitriles is 2. The van der Waals surface area contributed by atoms with Crippen LogP contribution in [0.5, 0.6) is 5.75 Å². The molecule has 0 saturated carbocycles. The van der Waals surface area contributed by atoms with Gasteiger partial charge in [-0.15, -0.1) is 0 Å². The first-order valence-electron chi connectivity index (χ1n) is 9.85. The molecule has 0 unspecified atom stereocenters. The summed E-state index contributed by atoms with van der Waals surface area (Å²) < 4.78 is 11.9. The van der Waals surface area contributed by atoms with Crippen LogP contribution in [0.15, 0.2) is 76.9 Å². The van der Waals surface area contributed by atoms with Gasteiger partial charge in [0.25, 0.3) is 0 Å². The smallest absolute Gasteiger partial charge is 0.304 e. The van der Waals surface area contributed by atoms with Gasteiger partial charge in [0.2, 0.25) is 0 Å². The lowest BCUT2D eigenvalue weighted by Gasteiger charge is -2.23. The minimum atomic E-state index is -0.872. The quantitative estimate of drug-likeness (QED) is 0.429. The second-order valence-electron chi connectivity index (χ2n) is 8.86. The van der Waals surface area contributed by atoms with E-state index in [2.05, 4.69) is 37.8 Å². The highest BCUT2D eigenvalue weighted by Gasteiger charge is 2.39. The number of nitrogens with zero attached hydrogens (tertiary/aromatic N) is 3. The molecule has 2 aliphatic heterocycles. The topological polar surface area (TPSA) is 70.4 Å². The number of fused-ring (bicyclic) bond motifs is 1. The van der Waals surface area contributed by atoms with Gasteiger partial charge < -0.3 is 9.47 Å². The van der Waals surface area contributed by atoms with Crippen molar-refractivity contribution in [2.24, 2.45) is 5.41 Å². The van der Waals surface area contributed by atoms with E-state index in [4.69, 9.17) is 16.0 Å². The van der Waals surface area contributed by atoms with Gasteiger partial charge in [0.1, 0.15) is 23.2 Å². The Hall–Kier alpha value is -4.01. The minimum Gasteiger partial charge on any atom is -0.492 e. The zero-order valence-electron chi connectivity index (χ0n) is 18.3. The highest BCUT2D eigenvalue weighted by Crippen LogP contribution is 2.43. The van der Waals surface area contributed by atoms with E-state index in [-0.39, 0.29) is 22.4 Å². The molecule has 0 N–H and O–H groups in total. The predicted octanol–water partition coefficient (Wildman–Crippen LogP) is 6.23. The Balaban J connectivity index is 2.23. The number of hydrogen-bond acceptors (Lipinski definition) is 4. The van der Waals surface area contributed by atoms with E-state index >= 15 is 0 Å². The van der Waals surface area contributed by atoms with Crippen molar-refractivity contribution in [2.45, 2.75) is 40.2 Å². The van der Waals surface area contributed by atoms with E-state index in [0.717, 1.165) is 16.9 Å². The molecule has 1 aromatic rings.